The molecule has 0 unspecified atom stereocenters. The van der Waals surface area contributed by atoms with Crippen molar-refractivity contribution in [3.05, 3.63) is 65.9 Å². The number of nitrogens with zero attached hydrogens (tertiary/aromatic N) is 1. The fraction of sp³-hybridized carbons (Fsp3) is 0.286. The molecule has 0 aliphatic rings. The Hall–Kier alpha value is -2.55. The summed E-state index contributed by atoms with van der Waals surface area (Å²) in [6, 6.07) is 16.5. The fourth-order valence-electron chi connectivity index (χ4n) is 2.97. The zero-order valence-corrected chi connectivity index (χ0v) is 14.5. The highest BCUT2D eigenvalue weighted by Crippen LogP contribution is 2.25. The van der Waals surface area contributed by atoms with Crippen molar-refractivity contribution < 1.29 is 4.79 Å². The van der Waals surface area contributed by atoms with Crippen molar-refractivity contribution in [2.75, 3.05) is 11.4 Å². The number of carbonyl (C=O) groups excluding carboxylic acids is 1. The normalized spacial score (nSPS) is 11.6. The zero-order chi connectivity index (χ0) is 17.2. The van der Waals surface area contributed by atoms with Gasteiger partial charge in [0, 0.05) is 29.3 Å². The summed E-state index contributed by atoms with van der Waals surface area (Å²) in [5, 5.41) is 1.23. The van der Waals surface area contributed by atoms with Gasteiger partial charge in [0.05, 0.1) is 0 Å². The topological polar surface area (TPSA) is 36.1 Å². The van der Waals surface area contributed by atoms with Crippen molar-refractivity contribution in [3.8, 4) is 0 Å². The van der Waals surface area contributed by atoms with Gasteiger partial charge >= 0.3 is 0 Å². The Balaban J connectivity index is 1.74. The molecule has 3 rings (SSSR count). The first-order valence-corrected chi connectivity index (χ1v) is 8.36. The third-order valence-corrected chi connectivity index (χ3v) is 4.49. The van der Waals surface area contributed by atoms with Gasteiger partial charge in [-0.25, -0.2) is 0 Å². The lowest BCUT2D eigenvalue weighted by Gasteiger charge is -2.22. The number of anilines is 1. The Morgan fingerprint density at radius 3 is 2.42 bits per heavy atom. The van der Waals surface area contributed by atoms with E-state index >= 15 is 0 Å². The van der Waals surface area contributed by atoms with Crippen LogP contribution in [0.4, 0.5) is 5.69 Å². The molecule has 0 fully saturated rings. The monoisotopic (exact) mass is 320 g/mol. The first-order chi connectivity index (χ1) is 11.5. The molecule has 3 heteroatoms. The van der Waals surface area contributed by atoms with Crippen LogP contribution >= 0.6 is 0 Å². The number of benzene rings is 2. The number of fused-ring (bicyclic) bond motifs is 1. The van der Waals surface area contributed by atoms with E-state index in [1.807, 2.05) is 30.5 Å². The lowest BCUT2D eigenvalue weighted by Crippen LogP contribution is -2.24. The quantitative estimate of drug-likeness (QED) is 0.681. The summed E-state index contributed by atoms with van der Waals surface area (Å²) >= 11 is 0. The van der Waals surface area contributed by atoms with Crippen LogP contribution in [0.2, 0.25) is 0 Å². The van der Waals surface area contributed by atoms with Crippen molar-refractivity contribution in [3.63, 3.8) is 0 Å². The second kappa shape index (κ2) is 6.52. The van der Waals surface area contributed by atoms with Crippen LogP contribution in [0.5, 0.6) is 0 Å². The maximum absolute atomic E-state index is 11.5. The lowest BCUT2D eigenvalue weighted by atomic mass is 9.87. The van der Waals surface area contributed by atoms with Crippen LogP contribution in [0.1, 0.15) is 31.9 Å². The van der Waals surface area contributed by atoms with E-state index in [1.165, 1.54) is 16.5 Å². The maximum Gasteiger partial charge on any atom is 0.214 e. The molecule has 1 N–H and O–H groups in total. The minimum Gasteiger partial charge on any atom is -0.361 e. The lowest BCUT2D eigenvalue weighted by molar-refractivity contribution is -0.107. The second-order valence-electron chi connectivity index (χ2n) is 7.21. The maximum atomic E-state index is 11.5. The Labute approximate surface area is 143 Å². The summed E-state index contributed by atoms with van der Waals surface area (Å²) in [7, 11) is 0. The van der Waals surface area contributed by atoms with E-state index in [2.05, 4.69) is 50.0 Å². The summed E-state index contributed by atoms with van der Waals surface area (Å²) in [6.45, 7) is 7.24. The minimum atomic E-state index is 0.120. The average Bonchev–Trinajstić information content (AvgIpc) is 2.98. The summed E-state index contributed by atoms with van der Waals surface area (Å²) in [5.74, 6) is 0. The third-order valence-electron chi connectivity index (χ3n) is 4.49. The number of rotatable bonds is 5. The van der Waals surface area contributed by atoms with E-state index in [1.54, 1.807) is 4.90 Å². The minimum absolute atomic E-state index is 0.120. The highest BCUT2D eigenvalue weighted by atomic mass is 16.1. The molecule has 0 aliphatic heterocycles. The first kappa shape index (κ1) is 16.3. The molecule has 0 aliphatic carbocycles. The standard InChI is InChI=1S/C21H24N2O/c1-21(2,3)17-8-10-18(11-9-17)23(15-24)13-12-16-14-22-20-7-5-4-6-19(16)20/h4-11,14-15,22H,12-13H2,1-3H3. The van der Waals surface area contributed by atoms with Crippen molar-refractivity contribution in [2.45, 2.75) is 32.6 Å². The van der Waals surface area contributed by atoms with Crippen LogP contribution < -0.4 is 4.90 Å². The molecule has 124 valence electrons. The van der Waals surface area contributed by atoms with E-state index in [4.69, 9.17) is 0 Å². The average molecular weight is 320 g/mol. The molecule has 24 heavy (non-hydrogen) atoms. The SMILES string of the molecule is CC(C)(C)c1ccc(N(C=O)CCc2c[nH]c3ccccc23)cc1. The Morgan fingerprint density at radius 1 is 1.04 bits per heavy atom. The van der Waals surface area contributed by atoms with Gasteiger partial charge in [-0.1, -0.05) is 51.1 Å². The van der Waals surface area contributed by atoms with Gasteiger partial charge in [0.1, 0.15) is 0 Å². The van der Waals surface area contributed by atoms with Crippen LogP contribution in [0.15, 0.2) is 54.7 Å². The molecule has 0 saturated heterocycles. The highest BCUT2D eigenvalue weighted by Gasteiger charge is 2.14. The molecule has 2 aromatic carbocycles. The van der Waals surface area contributed by atoms with Crippen LogP contribution in [0.3, 0.4) is 0 Å². The van der Waals surface area contributed by atoms with Gasteiger partial charge in [0.25, 0.3) is 0 Å². The van der Waals surface area contributed by atoms with Crippen molar-refractivity contribution >= 4 is 23.0 Å². The molecule has 0 radical (unpaired) electrons. The van der Waals surface area contributed by atoms with Crippen LogP contribution in [-0.4, -0.2) is 17.9 Å². The molecule has 3 aromatic rings. The van der Waals surface area contributed by atoms with Gasteiger partial charge < -0.3 is 9.88 Å². The van der Waals surface area contributed by atoms with Gasteiger partial charge in [0.2, 0.25) is 6.41 Å². The number of nitrogens with one attached hydrogen (secondary N) is 1. The first-order valence-electron chi connectivity index (χ1n) is 8.36. The molecule has 1 heterocycles. The number of hydrogen-bond donors (Lipinski definition) is 1. The third kappa shape index (κ3) is 3.35. The van der Waals surface area contributed by atoms with Crippen LogP contribution in [0, 0.1) is 0 Å². The number of aromatic nitrogens is 1. The van der Waals surface area contributed by atoms with E-state index in [-0.39, 0.29) is 5.41 Å². The molecule has 0 atom stereocenters. The number of aromatic amines is 1. The Kier molecular flexibility index (Phi) is 4.43. The van der Waals surface area contributed by atoms with Gasteiger partial charge in [0.15, 0.2) is 0 Å². The predicted octanol–water partition coefficient (Wildman–Crippen LogP) is 4.67. The van der Waals surface area contributed by atoms with E-state index < -0.39 is 0 Å². The van der Waals surface area contributed by atoms with Gasteiger partial charge in [-0.15, -0.1) is 0 Å². The van der Waals surface area contributed by atoms with Crippen molar-refractivity contribution in [2.24, 2.45) is 0 Å². The number of carbonyl (C=O) groups is 1. The molecular weight excluding hydrogens is 296 g/mol. The summed E-state index contributed by atoms with van der Waals surface area (Å²) in [5.41, 5.74) is 4.71. The highest BCUT2D eigenvalue weighted by molar-refractivity contribution is 5.83. The molecular formula is C21H24N2O. The summed E-state index contributed by atoms with van der Waals surface area (Å²) < 4.78 is 0. The zero-order valence-electron chi connectivity index (χ0n) is 14.5. The predicted molar refractivity (Wildman–Crippen MR) is 101 cm³/mol. The van der Waals surface area contributed by atoms with E-state index in [0.29, 0.717) is 6.54 Å². The van der Waals surface area contributed by atoms with E-state index in [0.717, 1.165) is 24.0 Å². The smallest absolute Gasteiger partial charge is 0.214 e. The molecule has 0 bridgehead atoms. The number of H-pyrrole nitrogens is 1. The van der Waals surface area contributed by atoms with Crippen LogP contribution in [0.25, 0.3) is 10.9 Å². The number of para-hydroxylation sites is 1. The van der Waals surface area contributed by atoms with Gasteiger partial charge in [-0.2, -0.15) is 0 Å². The molecule has 3 nitrogen and oxygen atoms in total. The van der Waals surface area contributed by atoms with Gasteiger partial charge in [-0.05, 0) is 41.2 Å². The number of hydrogen-bond acceptors (Lipinski definition) is 1. The molecule has 0 spiro atoms. The van der Waals surface area contributed by atoms with E-state index in [9.17, 15) is 4.79 Å². The molecule has 1 aromatic heterocycles. The largest absolute Gasteiger partial charge is 0.361 e. The number of amides is 1. The molecule has 1 amide bonds. The van der Waals surface area contributed by atoms with Gasteiger partial charge in [-0.3, -0.25) is 4.79 Å². The Morgan fingerprint density at radius 2 is 1.75 bits per heavy atom. The second-order valence-corrected chi connectivity index (χ2v) is 7.21. The summed E-state index contributed by atoms with van der Waals surface area (Å²) in [4.78, 5) is 16.6. The molecule has 0 saturated carbocycles. The fourth-order valence-corrected chi connectivity index (χ4v) is 2.97. The van der Waals surface area contributed by atoms with Crippen molar-refractivity contribution in [1.82, 2.24) is 4.98 Å². The Bertz CT molecular complexity index is 825. The summed E-state index contributed by atoms with van der Waals surface area (Å²) in [6.07, 6.45) is 3.78. The van der Waals surface area contributed by atoms with Crippen LogP contribution in [-0.2, 0) is 16.6 Å². The van der Waals surface area contributed by atoms with Crippen molar-refractivity contribution in [1.29, 1.82) is 0 Å².